The van der Waals surface area contributed by atoms with Gasteiger partial charge in [0.15, 0.2) is 0 Å². The van der Waals surface area contributed by atoms with Crippen LogP contribution in [0.2, 0.25) is 0 Å². The summed E-state index contributed by atoms with van der Waals surface area (Å²) in [5.41, 5.74) is 3.05. The molecule has 1 heterocycles. The summed E-state index contributed by atoms with van der Waals surface area (Å²) in [4.78, 5) is 4.55. The normalized spacial score (nSPS) is 26.3. The Morgan fingerprint density at radius 3 is 2.50 bits per heavy atom. The predicted molar refractivity (Wildman–Crippen MR) is 61.0 cm³/mol. The minimum absolute atomic E-state index is 0.297. The van der Waals surface area contributed by atoms with Crippen molar-refractivity contribution < 1.29 is 0 Å². The molecule has 1 aromatic rings. The minimum Gasteiger partial charge on any atom is -0.293 e. The second-order valence-electron chi connectivity index (χ2n) is 4.23. The van der Waals surface area contributed by atoms with E-state index in [1.165, 1.54) is 17.7 Å². The van der Waals surface area contributed by atoms with Gasteiger partial charge < -0.3 is 0 Å². The molecule has 0 aliphatic carbocycles. The van der Waals surface area contributed by atoms with Crippen LogP contribution in [-0.2, 0) is 5.41 Å². The zero-order valence-corrected chi connectivity index (χ0v) is 8.96. The van der Waals surface area contributed by atoms with Crippen molar-refractivity contribution in [2.75, 3.05) is 6.54 Å². The molecule has 1 heteroatoms. The number of rotatable bonds is 2. The first kappa shape index (κ1) is 9.45. The van der Waals surface area contributed by atoms with Gasteiger partial charge >= 0.3 is 0 Å². The van der Waals surface area contributed by atoms with Gasteiger partial charge in [0.05, 0.1) is 0 Å². The molecule has 0 aromatic heterocycles. The molecule has 0 bridgehead atoms. The first-order chi connectivity index (χ1) is 6.77. The van der Waals surface area contributed by atoms with E-state index in [-0.39, 0.29) is 0 Å². The fourth-order valence-corrected chi connectivity index (χ4v) is 2.31. The monoisotopic (exact) mass is 187 g/mol. The number of benzene rings is 1. The Bertz CT molecular complexity index is 340. The summed E-state index contributed by atoms with van der Waals surface area (Å²) in [6, 6.07) is 10.8. The van der Waals surface area contributed by atoms with Gasteiger partial charge in [0.2, 0.25) is 0 Å². The van der Waals surface area contributed by atoms with Gasteiger partial charge in [-0.05, 0) is 25.3 Å². The number of hydrogen-bond donors (Lipinski definition) is 0. The predicted octanol–water partition coefficient (Wildman–Crippen LogP) is 3.20. The Labute approximate surface area is 85.9 Å². The van der Waals surface area contributed by atoms with Crippen LogP contribution < -0.4 is 0 Å². The lowest BCUT2D eigenvalue weighted by atomic mass is 9.76. The molecular weight excluding hydrogens is 170 g/mol. The lowest BCUT2D eigenvalue weighted by molar-refractivity contribution is 0.463. The first-order valence-corrected chi connectivity index (χ1v) is 5.32. The third-order valence-electron chi connectivity index (χ3n) is 3.31. The second kappa shape index (κ2) is 3.56. The fourth-order valence-electron chi connectivity index (χ4n) is 2.31. The molecule has 1 nitrogen and oxygen atoms in total. The molecule has 1 aliphatic rings. The van der Waals surface area contributed by atoms with E-state index >= 15 is 0 Å². The molecule has 0 saturated carbocycles. The first-order valence-electron chi connectivity index (χ1n) is 5.32. The van der Waals surface area contributed by atoms with Crippen LogP contribution >= 0.6 is 0 Å². The zero-order valence-electron chi connectivity index (χ0n) is 8.96. The Kier molecular flexibility index (Phi) is 2.40. The van der Waals surface area contributed by atoms with Gasteiger partial charge in [-0.2, -0.15) is 0 Å². The molecule has 0 amide bonds. The molecule has 1 unspecified atom stereocenters. The van der Waals surface area contributed by atoms with Crippen molar-refractivity contribution in [1.82, 2.24) is 0 Å². The number of aliphatic imine (C=N–C) groups is 1. The van der Waals surface area contributed by atoms with Crippen molar-refractivity contribution in [1.29, 1.82) is 0 Å². The van der Waals surface area contributed by atoms with Crippen LogP contribution in [0.25, 0.3) is 0 Å². The average molecular weight is 187 g/mol. The lowest BCUT2D eigenvalue weighted by Crippen LogP contribution is -2.26. The molecular formula is C13H17N. The van der Waals surface area contributed by atoms with Crippen LogP contribution in [0.3, 0.4) is 0 Å². The lowest BCUT2D eigenvalue weighted by Gasteiger charge is -2.27. The van der Waals surface area contributed by atoms with Crippen LogP contribution in [0.15, 0.2) is 35.3 Å². The van der Waals surface area contributed by atoms with Gasteiger partial charge in [0.25, 0.3) is 0 Å². The van der Waals surface area contributed by atoms with Gasteiger partial charge in [-0.25, -0.2) is 0 Å². The maximum atomic E-state index is 4.55. The Balaban J connectivity index is 2.32. The van der Waals surface area contributed by atoms with Crippen molar-refractivity contribution in [3.8, 4) is 0 Å². The average Bonchev–Trinajstić information content (AvgIpc) is 2.63. The molecule has 14 heavy (non-hydrogen) atoms. The molecule has 0 saturated heterocycles. The van der Waals surface area contributed by atoms with E-state index in [1.807, 2.05) is 0 Å². The quantitative estimate of drug-likeness (QED) is 0.674. The maximum absolute atomic E-state index is 4.55. The van der Waals surface area contributed by atoms with Crippen LogP contribution in [0.5, 0.6) is 0 Å². The summed E-state index contributed by atoms with van der Waals surface area (Å²) < 4.78 is 0. The molecule has 2 rings (SSSR count). The second-order valence-corrected chi connectivity index (χ2v) is 4.23. The molecule has 0 spiro atoms. The Morgan fingerprint density at radius 2 is 2.00 bits per heavy atom. The van der Waals surface area contributed by atoms with Crippen LogP contribution in [0.1, 0.15) is 32.3 Å². The summed E-state index contributed by atoms with van der Waals surface area (Å²) in [6.07, 6.45) is 2.31. The Morgan fingerprint density at radius 1 is 1.29 bits per heavy atom. The summed E-state index contributed by atoms with van der Waals surface area (Å²) in [5.74, 6) is 0. The highest BCUT2D eigenvalue weighted by Crippen LogP contribution is 2.36. The molecule has 1 atom stereocenters. The maximum Gasteiger partial charge on any atom is 0.0489 e. The largest absolute Gasteiger partial charge is 0.293 e. The zero-order chi connectivity index (χ0) is 10.0. The van der Waals surface area contributed by atoms with Crippen molar-refractivity contribution in [3.63, 3.8) is 0 Å². The van der Waals surface area contributed by atoms with Gasteiger partial charge in [0.1, 0.15) is 0 Å². The molecule has 0 fully saturated rings. The van der Waals surface area contributed by atoms with E-state index in [1.54, 1.807) is 0 Å². The van der Waals surface area contributed by atoms with Crippen molar-refractivity contribution in [2.45, 2.75) is 32.1 Å². The van der Waals surface area contributed by atoms with E-state index in [0.29, 0.717) is 5.41 Å². The van der Waals surface area contributed by atoms with E-state index < -0.39 is 0 Å². The van der Waals surface area contributed by atoms with Gasteiger partial charge in [-0.15, -0.1) is 0 Å². The van der Waals surface area contributed by atoms with E-state index in [2.05, 4.69) is 49.2 Å². The molecule has 0 N–H and O–H groups in total. The van der Waals surface area contributed by atoms with Gasteiger partial charge in [0, 0.05) is 17.7 Å². The topological polar surface area (TPSA) is 12.4 Å². The van der Waals surface area contributed by atoms with E-state index in [9.17, 15) is 0 Å². The highest BCUT2D eigenvalue weighted by Gasteiger charge is 2.34. The molecule has 1 aliphatic heterocycles. The number of nitrogens with zero attached hydrogens (tertiary/aromatic N) is 1. The number of hydrogen-bond acceptors (Lipinski definition) is 1. The third kappa shape index (κ3) is 1.47. The highest BCUT2D eigenvalue weighted by atomic mass is 14.8. The van der Waals surface area contributed by atoms with Crippen LogP contribution in [0, 0.1) is 0 Å². The summed E-state index contributed by atoms with van der Waals surface area (Å²) >= 11 is 0. The van der Waals surface area contributed by atoms with Gasteiger partial charge in [-0.1, -0.05) is 37.3 Å². The summed E-state index contributed by atoms with van der Waals surface area (Å²) in [7, 11) is 0. The molecule has 0 radical (unpaired) electrons. The molecule has 74 valence electrons. The van der Waals surface area contributed by atoms with E-state index in [0.717, 1.165) is 13.0 Å². The molecule has 1 aromatic carbocycles. The smallest absolute Gasteiger partial charge is 0.0489 e. The summed E-state index contributed by atoms with van der Waals surface area (Å²) in [5, 5.41) is 0. The van der Waals surface area contributed by atoms with Gasteiger partial charge in [-0.3, -0.25) is 4.99 Å². The van der Waals surface area contributed by atoms with Crippen molar-refractivity contribution >= 4 is 5.71 Å². The van der Waals surface area contributed by atoms with Crippen molar-refractivity contribution in [3.05, 3.63) is 35.9 Å². The van der Waals surface area contributed by atoms with E-state index in [4.69, 9.17) is 0 Å². The third-order valence-corrected chi connectivity index (χ3v) is 3.31. The SMILES string of the molecule is CCC1(c2ccccc2)CN=C(C)C1. The highest BCUT2D eigenvalue weighted by molar-refractivity contribution is 5.85. The van der Waals surface area contributed by atoms with Crippen molar-refractivity contribution in [2.24, 2.45) is 4.99 Å². The fraction of sp³-hybridized carbons (Fsp3) is 0.462. The Hall–Kier alpha value is -1.11. The standard InChI is InChI=1S/C13H17N/c1-3-13(9-11(2)14-10-13)12-7-5-4-6-8-12/h4-8H,3,9-10H2,1-2H3. The summed E-state index contributed by atoms with van der Waals surface area (Å²) in [6.45, 7) is 5.38. The minimum atomic E-state index is 0.297. The van der Waals surface area contributed by atoms with Crippen LogP contribution in [0.4, 0.5) is 0 Å². The van der Waals surface area contributed by atoms with Crippen LogP contribution in [-0.4, -0.2) is 12.3 Å².